The zero-order valence-electron chi connectivity index (χ0n) is 20.0. The molecule has 2 aromatic carbocycles. The van der Waals surface area contributed by atoms with Gasteiger partial charge in [-0.1, -0.05) is 12.1 Å². The van der Waals surface area contributed by atoms with Gasteiger partial charge in [0.25, 0.3) is 0 Å². The fourth-order valence-corrected chi connectivity index (χ4v) is 5.08. The number of halogens is 1. The standard InChI is InChI=1S/C26H31FN4O2/c1-6-33-20-14-18-23(22(27)24(20)30-11-9-29(5)10-12-30)31(15(2)3)26-21(25(18)32)17-8-7-16(4)13-19(17)28-26/h7-8,13-15,28H,6,9-12H2,1-5H3. The van der Waals surface area contributed by atoms with Gasteiger partial charge >= 0.3 is 0 Å². The van der Waals surface area contributed by atoms with E-state index in [-0.39, 0.29) is 17.3 Å². The fraction of sp³-hybridized carbons (Fsp3) is 0.423. The highest BCUT2D eigenvalue weighted by atomic mass is 19.1. The zero-order chi connectivity index (χ0) is 23.4. The molecule has 1 N–H and O–H groups in total. The molecule has 1 aliphatic heterocycles. The minimum atomic E-state index is -0.386. The first kappa shape index (κ1) is 21.8. The van der Waals surface area contributed by atoms with E-state index in [2.05, 4.69) is 16.9 Å². The van der Waals surface area contributed by atoms with Crippen LogP contribution in [0, 0.1) is 12.7 Å². The van der Waals surface area contributed by atoms with E-state index in [1.54, 1.807) is 6.07 Å². The van der Waals surface area contributed by atoms with Crippen molar-refractivity contribution in [3.8, 4) is 5.75 Å². The van der Waals surface area contributed by atoms with Crippen LogP contribution >= 0.6 is 0 Å². The molecule has 174 valence electrons. The average Bonchev–Trinajstić information content (AvgIpc) is 3.14. The third kappa shape index (κ3) is 3.37. The molecular formula is C26H31FN4O2. The summed E-state index contributed by atoms with van der Waals surface area (Å²) in [5, 5.41) is 1.82. The molecular weight excluding hydrogens is 419 g/mol. The predicted molar refractivity (Wildman–Crippen MR) is 134 cm³/mol. The Kier molecular flexibility index (Phi) is 5.32. The summed E-state index contributed by atoms with van der Waals surface area (Å²) >= 11 is 0. The van der Waals surface area contributed by atoms with Gasteiger partial charge in [-0.15, -0.1) is 0 Å². The Balaban J connectivity index is 1.92. The van der Waals surface area contributed by atoms with Crippen molar-refractivity contribution in [3.05, 3.63) is 45.9 Å². The van der Waals surface area contributed by atoms with Crippen molar-refractivity contribution in [3.63, 3.8) is 0 Å². The molecule has 0 unspecified atom stereocenters. The van der Waals surface area contributed by atoms with E-state index in [0.717, 1.165) is 29.6 Å². The van der Waals surface area contributed by atoms with Gasteiger partial charge in [0.15, 0.2) is 11.2 Å². The van der Waals surface area contributed by atoms with Crippen LogP contribution in [0.3, 0.4) is 0 Å². The Labute approximate surface area is 192 Å². The Morgan fingerprint density at radius 2 is 1.85 bits per heavy atom. The summed E-state index contributed by atoms with van der Waals surface area (Å²) < 4.78 is 24.3. The number of benzene rings is 2. The zero-order valence-corrected chi connectivity index (χ0v) is 20.0. The van der Waals surface area contributed by atoms with Crippen molar-refractivity contribution in [2.45, 2.75) is 33.7 Å². The van der Waals surface area contributed by atoms with Crippen molar-refractivity contribution in [1.82, 2.24) is 14.5 Å². The number of aromatic amines is 1. The number of hydrogen-bond acceptors (Lipinski definition) is 4. The van der Waals surface area contributed by atoms with Gasteiger partial charge in [0.05, 0.1) is 22.9 Å². The van der Waals surface area contributed by atoms with Crippen molar-refractivity contribution in [1.29, 1.82) is 0 Å². The molecule has 2 aromatic heterocycles. The molecule has 1 fully saturated rings. The van der Waals surface area contributed by atoms with Gasteiger partial charge in [0, 0.05) is 43.1 Å². The molecule has 0 spiro atoms. The molecule has 0 bridgehead atoms. The highest BCUT2D eigenvalue weighted by Gasteiger charge is 2.28. The predicted octanol–water partition coefficient (Wildman–Crippen LogP) is 4.81. The smallest absolute Gasteiger partial charge is 0.199 e. The number of pyridine rings is 1. The Bertz CT molecular complexity index is 1430. The molecule has 0 radical (unpaired) electrons. The SMILES string of the molecule is CCOc1cc2c(=O)c3c4ccc(C)cc4[nH]c3n(C(C)C)c2c(F)c1N1CCN(C)CC1. The first-order valence-electron chi connectivity index (χ1n) is 11.7. The number of aryl methyl sites for hydroxylation is 1. The van der Waals surface area contributed by atoms with Crippen LogP contribution in [0.15, 0.2) is 29.1 Å². The van der Waals surface area contributed by atoms with Gasteiger partial charge in [-0.2, -0.15) is 0 Å². The lowest BCUT2D eigenvalue weighted by atomic mass is 10.1. The highest BCUT2D eigenvalue weighted by Crippen LogP contribution is 2.39. The lowest BCUT2D eigenvalue weighted by molar-refractivity contribution is 0.305. The van der Waals surface area contributed by atoms with E-state index in [1.807, 2.05) is 55.4 Å². The van der Waals surface area contributed by atoms with Crippen molar-refractivity contribution in [2.75, 3.05) is 44.7 Å². The Hall–Kier alpha value is -3.06. The summed E-state index contributed by atoms with van der Waals surface area (Å²) in [6.45, 7) is 11.5. The van der Waals surface area contributed by atoms with Gasteiger partial charge < -0.3 is 24.1 Å². The lowest BCUT2D eigenvalue weighted by Crippen LogP contribution is -2.45. The molecule has 1 saturated heterocycles. The molecule has 0 saturated carbocycles. The number of nitrogens with one attached hydrogen (secondary N) is 1. The third-order valence-corrected chi connectivity index (χ3v) is 6.70. The largest absolute Gasteiger partial charge is 0.492 e. The van der Waals surface area contributed by atoms with Crippen LogP contribution in [0.5, 0.6) is 5.75 Å². The second-order valence-corrected chi connectivity index (χ2v) is 9.35. The number of hydrogen-bond donors (Lipinski definition) is 1. The summed E-state index contributed by atoms with van der Waals surface area (Å²) in [6.07, 6.45) is 0. The van der Waals surface area contributed by atoms with Gasteiger partial charge in [-0.25, -0.2) is 4.39 Å². The molecule has 5 rings (SSSR count). The number of piperazine rings is 1. The normalized spacial score (nSPS) is 15.4. The van der Waals surface area contributed by atoms with E-state index in [4.69, 9.17) is 4.74 Å². The van der Waals surface area contributed by atoms with Gasteiger partial charge in [-0.3, -0.25) is 4.79 Å². The quantitative estimate of drug-likeness (QED) is 0.485. The van der Waals surface area contributed by atoms with Gasteiger partial charge in [0.2, 0.25) is 0 Å². The lowest BCUT2D eigenvalue weighted by Gasteiger charge is -2.35. The average molecular weight is 451 g/mol. The molecule has 4 aromatic rings. The fourth-order valence-electron chi connectivity index (χ4n) is 5.08. The van der Waals surface area contributed by atoms with Crippen LogP contribution < -0.4 is 15.1 Å². The molecule has 3 heterocycles. The van der Waals surface area contributed by atoms with Crippen molar-refractivity contribution >= 4 is 38.5 Å². The molecule has 0 aliphatic carbocycles. The summed E-state index contributed by atoms with van der Waals surface area (Å²) in [5.74, 6) is 0.0533. The number of aromatic nitrogens is 2. The number of rotatable bonds is 4. The molecule has 6 nitrogen and oxygen atoms in total. The Morgan fingerprint density at radius 1 is 1.12 bits per heavy atom. The van der Waals surface area contributed by atoms with Crippen LogP contribution in [0.1, 0.15) is 32.4 Å². The number of H-pyrrole nitrogens is 1. The van der Waals surface area contributed by atoms with Crippen LogP contribution in [0.2, 0.25) is 0 Å². The van der Waals surface area contributed by atoms with Crippen LogP contribution in [0.25, 0.3) is 32.8 Å². The minimum absolute atomic E-state index is 0.0578. The number of anilines is 1. The number of nitrogens with zero attached hydrogens (tertiary/aromatic N) is 3. The van der Waals surface area contributed by atoms with E-state index < -0.39 is 0 Å². The highest BCUT2D eigenvalue weighted by molar-refractivity contribution is 6.10. The maximum atomic E-state index is 16.5. The second kappa shape index (κ2) is 8.06. The molecule has 33 heavy (non-hydrogen) atoms. The van der Waals surface area contributed by atoms with Gasteiger partial charge in [0.1, 0.15) is 17.1 Å². The second-order valence-electron chi connectivity index (χ2n) is 9.35. The molecule has 0 atom stereocenters. The van der Waals surface area contributed by atoms with Crippen LogP contribution in [0.4, 0.5) is 10.1 Å². The molecule has 0 amide bonds. The maximum absolute atomic E-state index is 16.5. The first-order chi connectivity index (χ1) is 15.8. The van der Waals surface area contributed by atoms with E-state index in [9.17, 15) is 4.79 Å². The summed E-state index contributed by atoms with van der Waals surface area (Å²) in [4.78, 5) is 21.5. The van der Waals surface area contributed by atoms with Crippen LogP contribution in [-0.4, -0.2) is 54.3 Å². The van der Waals surface area contributed by atoms with Gasteiger partial charge in [-0.05, 0) is 52.4 Å². The molecule has 1 aliphatic rings. The topological polar surface area (TPSA) is 53.5 Å². The number of likely N-dealkylation sites (N-methyl/N-ethyl adjacent to an activating group) is 1. The number of fused-ring (bicyclic) bond motifs is 4. The maximum Gasteiger partial charge on any atom is 0.199 e. The van der Waals surface area contributed by atoms with Crippen molar-refractivity contribution < 1.29 is 9.13 Å². The first-order valence-corrected chi connectivity index (χ1v) is 11.7. The van der Waals surface area contributed by atoms with Crippen molar-refractivity contribution in [2.24, 2.45) is 0 Å². The van der Waals surface area contributed by atoms with Crippen LogP contribution in [-0.2, 0) is 0 Å². The van der Waals surface area contributed by atoms with E-state index >= 15 is 4.39 Å². The molecule has 7 heteroatoms. The van der Waals surface area contributed by atoms with E-state index in [1.165, 1.54) is 0 Å². The van der Waals surface area contributed by atoms with E-state index in [0.29, 0.717) is 53.1 Å². The summed E-state index contributed by atoms with van der Waals surface area (Å²) in [6, 6.07) is 7.70. The third-order valence-electron chi connectivity index (χ3n) is 6.70. The minimum Gasteiger partial charge on any atom is -0.492 e. The monoisotopic (exact) mass is 450 g/mol. The summed E-state index contributed by atoms with van der Waals surface area (Å²) in [5.41, 5.74) is 3.27. The summed E-state index contributed by atoms with van der Waals surface area (Å²) in [7, 11) is 2.07. The number of ether oxygens (including phenoxy) is 1. The Morgan fingerprint density at radius 3 is 2.52 bits per heavy atom.